The number of aromatic nitrogens is 2. The fourth-order valence-corrected chi connectivity index (χ4v) is 2.31. The Morgan fingerprint density at radius 2 is 2.00 bits per heavy atom. The monoisotopic (exact) mass is 321 g/mol. The molecule has 3 aromatic rings. The van der Waals surface area contributed by atoms with Gasteiger partial charge in [0.2, 0.25) is 0 Å². The van der Waals surface area contributed by atoms with Gasteiger partial charge in [-0.2, -0.15) is 5.26 Å². The fraction of sp³-hybridized carbons (Fsp3) is 0.0556. The lowest BCUT2D eigenvalue weighted by Gasteiger charge is -2.11. The Hall–Kier alpha value is -2.90. The standard InChI is InChI=1S/C18H12ClN3O/c1-12-5-6-16(23-15-7-8-21-17(19)10-15)18(22-12)14-4-2-3-13(9-14)11-20/h2-10H,1H3. The molecule has 0 N–H and O–H groups in total. The van der Waals surface area contributed by atoms with Crippen LogP contribution in [-0.2, 0) is 0 Å². The number of hydrogen-bond donors (Lipinski definition) is 0. The van der Waals surface area contributed by atoms with Crippen molar-refractivity contribution in [1.29, 1.82) is 5.26 Å². The number of hydrogen-bond acceptors (Lipinski definition) is 4. The summed E-state index contributed by atoms with van der Waals surface area (Å²) in [5, 5.41) is 9.43. The summed E-state index contributed by atoms with van der Waals surface area (Å²) in [7, 11) is 0. The molecule has 0 aliphatic rings. The van der Waals surface area contributed by atoms with Gasteiger partial charge in [0.1, 0.15) is 16.6 Å². The van der Waals surface area contributed by atoms with Crippen molar-refractivity contribution in [2.75, 3.05) is 0 Å². The van der Waals surface area contributed by atoms with Crippen LogP contribution in [0.1, 0.15) is 11.3 Å². The highest BCUT2D eigenvalue weighted by atomic mass is 35.5. The van der Waals surface area contributed by atoms with Crippen molar-refractivity contribution in [2.24, 2.45) is 0 Å². The predicted molar refractivity (Wildman–Crippen MR) is 88.4 cm³/mol. The molecule has 112 valence electrons. The highest BCUT2D eigenvalue weighted by Gasteiger charge is 2.11. The van der Waals surface area contributed by atoms with E-state index in [9.17, 15) is 0 Å². The summed E-state index contributed by atoms with van der Waals surface area (Å²) in [4.78, 5) is 8.49. The smallest absolute Gasteiger partial charge is 0.153 e. The van der Waals surface area contributed by atoms with E-state index in [4.69, 9.17) is 21.6 Å². The van der Waals surface area contributed by atoms with Crippen molar-refractivity contribution in [1.82, 2.24) is 9.97 Å². The van der Waals surface area contributed by atoms with Gasteiger partial charge in [-0.1, -0.05) is 23.7 Å². The highest BCUT2D eigenvalue weighted by Crippen LogP contribution is 2.32. The number of aryl methyl sites for hydroxylation is 1. The molecular formula is C18H12ClN3O. The lowest BCUT2D eigenvalue weighted by Crippen LogP contribution is -1.94. The second-order valence-electron chi connectivity index (χ2n) is 4.91. The second kappa shape index (κ2) is 6.47. The first-order chi connectivity index (χ1) is 11.2. The summed E-state index contributed by atoms with van der Waals surface area (Å²) >= 11 is 5.89. The van der Waals surface area contributed by atoms with Gasteiger partial charge in [0.25, 0.3) is 0 Å². The van der Waals surface area contributed by atoms with Gasteiger partial charge in [-0.05, 0) is 37.3 Å². The molecule has 0 fully saturated rings. The number of nitriles is 1. The Balaban J connectivity index is 2.06. The lowest BCUT2D eigenvalue weighted by molar-refractivity contribution is 0.481. The van der Waals surface area contributed by atoms with E-state index in [-0.39, 0.29) is 0 Å². The second-order valence-corrected chi connectivity index (χ2v) is 5.30. The van der Waals surface area contributed by atoms with Crippen LogP contribution in [0, 0.1) is 18.3 Å². The molecule has 0 atom stereocenters. The first-order valence-corrected chi connectivity index (χ1v) is 7.31. The average molecular weight is 322 g/mol. The summed E-state index contributed by atoms with van der Waals surface area (Å²) in [5.74, 6) is 1.17. The predicted octanol–water partition coefficient (Wildman–Crippen LogP) is 4.77. The first-order valence-electron chi connectivity index (χ1n) is 6.93. The van der Waals surface area contributed by atoms with Crippen molar-refractivity contribution in [3.8, 4) is 28.8 Å². The van der Waals surface area contributed by atoms with Crippen LogP contribution in [0.4, 0.5) is 0 Å². The van der Waals surface area contributed by atoms with Crippen molar-refractivity contribution in [3.05, 3.63) is 71.1 Å². The minimum Gasteiger partial charge on any atom is -0.455 e. The molecule has 1 aromatic carbocycles. The minimum atomic E-state index is 0.357. The van der Waals surface area contributed by atoms with E-state index in [2.05, 4.69) is 16.0 Å². The third kappa shape index (κ3) is 3.47. The van der Waals surface area contributed by atoms with Gasteiger partial charge in [-0.3, -0.25) is 0 Å². The van der Waals surface area contributed by atoms with E-state index in [1.165, 1.54) is 0 Å². The third-order valence-corrected chi connectivity index (χ3v) is 3.40. The van der Waals surface area contributed by atoms with Crippen LogP contribution >= 0.6 is 11.6 Å². The molecule has 23 heavy (non-hydrogen) atoms. The minimum absolute atomic E-state index is 0.357. The Kier molecular flexibility index (Phi) is 4.22. The molecule has 0 spiro atoms. The SMILES string of the molecule is Cc1ccc(Oc2ccnc(Cl)c2)c(-c2cccc(C#N)c2)n1. The average Bonchev–Trinajstić information content (AvgIpc) is 2.56. The molecule has 0 saturated heterocycles. The molecule has 0 aliphatic carbocycles. The molecule has 0 unspecified atom stereocenters. The Morgan fingerprint density at radius 3 is 2.78 bits per heavy atom. The zero-order chi connectivity index (χ0) is 16.2. The van der Waals surface area contributed by atoms with E-state index < -0.39 is 0 Å². The Labute approximate surface area is 139 Å². The Morgan fingerprint density at radius 1 is 1.13 bits per heavy atom. The van der Waals surface area contributed by atoms with E-state index >= 15 is 0 Å². The summed E-state index contributed by atoms with van der Waals surface area (Å²) in [6.07, 6.45) is 1.58. The molecule has 0 amide bonds. The van der Waals surface area contributed by atoms with Crippen LogP contribution in [0.2, 0.25) is 5.15 Å². The van der Waals surface area contributed by atoms with Crippen LogP contribution < -0.4 is 4.74 Å². The molecule has 0 bridgehead atoms. The molecule has 2 aromatic heterocycles. The maximum absolute atomic E-state index is 9.08. The number of nitrogens with zero attached hydrogens (tertiary/aromatic N) is 3. The molecule has 5 heteroatoms. The van der Waals surface area contributed by atoms with Crippen LogP contribution in [0.3, 0.4) is 0 Å². The molecule has 0 saturated carbocycles. The van der Waals surface area contributed by atoms with Crippen LogP contribution in [0.15, 0.2) is 54.7 Å². The van der Waals surface area contributed by atoms with E-state index in [1.807, 2.05) is 31.2 Å². The topological polar surface area (TPSA) is 58.8 Å². The summed E-state index contributed by atoms with van der Waals surface area (Å²) in [6, 6.07) is 16.5. The maximum Gasteiger partial charge on any atom is 0.153 e. The van der Waals surface area contributed by atoms with Crippen LogP contribution in [0.5, 0.6) is 11.5 Å². The van der Waals surface area contributed by atoms with Crippen molar-refractivity contribution < 1.29 is 4.74 Å². The van der Waals surface area contributed by atoms with Gasteiger partial charge in [0.05, 0.1) is 11.6 Å². The summed E-state index contributed by atoms with van der Waals surface area (Å²) in [5.41, 5.74) is 2.93. The zero-order valence-corrected chi connectivity index (χ0v) is 13.1. The molecule has 0 aliphatic heterocycles. The normalized spacial score (nSPS) is 10.1. The first kappa shape index (κ1) is 15.0. The lowest BCUT2D eigenvalue weighted by atomic mass is 10.1. The van der Waals surface area contributed by atoms with Gasteiger partial charge in [-0.25, -0.2) is 9.97 Å². The summed E-state index contributed by atoms with van der Waals surface area (Å²) < 4.78 is 5.90. The highest BCUT2D eigenvalue weighted by molar-refractivity contribution is 6.29. The fourth-order valence-electron chi connectivity index (χ4n) is 2.14. The van der Waals surface area contributed by atoms with Crippen molar-refractivity contribution in [2.45, 2.75) is 6.92 Å². The molecule has 0 radical (unpaired) electrons. The van der Waals surface area contributed by atoms with Gasteiger partial charge in [-0.15, -0.1) is 0 Å². The number of ether oxygens (including phenoxy) is 1. The largest absolute Gasteiger partial charge is 0.455 e. The van der Waals surface area contributed by atoms with Crippen molar-refractivity contribution >= 4 is 11.6 Å². The molecule has 3 rings (SSSR count). The van der Waals surface area contributed by atoms with E-state index in [0.29, 0.717) is 27.9 Å². The molecular weight excluding hydrogens is 310 g/mol. The van der Waals surface area contributed by atoms with Gasteiger partial charge in [0.15, 0.2) is 5.75 Å². The van der Waals surface area contributed by atoms with Gasteiger partial charge < -0.3 is 4.74 Å². The molecule has 2 heterocycles. The van der Waals surface area contributed by atoms with Gasteiger partial charge in [0, 0.05) is 23.5 Å². The van der Waals surface area contributed by atoms with Gasteiger partial charge >= 0.3 is 0 Å². The Bertz CT molecular complexity index is 903. The van der Waals surface area contributed by atoms with Crippen molar-refractivity contribution in [3.63, 3.8) is 0 Å². The van der Waals surface area contributed by atoms with E-state index in [1.54, 1.807) is 30.5 Å². The molecule has 4 nitrogen and oxygen atoms in total. The summed E-state index contributed by atoms with van der Waals surface area (Å²) in [6.45, 7) is 1.91. The zero-order valence-electron chi connectivity index (χ0n) is 12.3. The number of pyridine rings is 2. The van der Waals surface area contributed by atoms with Crippen LogP contribution in [-0.4, -0.2) is 9.97 Å². The maximum atomic E-state index is 9.08. The van der Waals surface area contributed by atoms with E-state index in [0.717, 1.165) is 11.3 Å². The third-order valence-electron chi connectivity index (χ3n) is 3.19. The van der Waals surface area contributed by atoms with Crippen LogP contribution in [0.25, 0.3) is 11.3 Å². The number of benzene rings is 1. The number of halogens is 1. The quantitative estimate of drug-likeness (QED) is 0.652. The number of rotatable bonds is 3.